The van der Waals surface area contributed by atoms with Crippen LogP contribution in [0.1, 0.15) is 26.0 Å². The van der Waals surface area contributed by atoms with Gasteiger partial charge in [-0.05, 0) is 37.3 Å². The molecular weight excluding hydrogens is 478 g/mol. The molecule has 8 nitrogen and oxygen atoms in total. The molecule has 0 saturated heterocycles. The summed E-state index contributed by atoms with van der Waals surface area (Å²) in [6.07, 6.45) is -0.602. The summed E-state index contributed by atoms with van der Waals surface area (Å²) in [4.78, 5) is 44.6. The summed E-state index contributed by atoms with van der Waals surface area (Å²) in [7, 11) is 0. The van der Waals surface area contributed by atoms with E-state index < -0.39 is 12.1 Å². The van der Waals surface area contributed by atoms with E-state index in [4.69, 9.17) is 21.1 Å². The number of esters is 1. The van der Waals surface area contributed by atoms with Crippen molar-refractivity contribution in [1.29, 1.82) is 0 Å². The van der Waals surface area contributed by atoms with Crippen molar-refractivity contribution in [3.05, 3.63) is 64.6 Å². The molecule has 0 saturated carbocycles. The van der Waals surface area contributed by atoms with Gasteiger partial charge in [0.1, 0.15) is 12.4 Å². The zero-order valence-corrected chi connectivity index (χ0v) is 20.1. The zero-order chi connectivity index (χ0) is 24.2. The Balaban J connectivity index is 1.36. The maximum Gasteiger partial charge on any atom is 0.307 e. The minimum atomic E-state index is -0.622. The van der Waals surface area contributed by atoms with E-state index in [-0.39, 0.29) is 31.4 Å². The lowest BCUT2D eigenvalue weighted by Crippen LogP contribution is -2.45. The Morgan fingerprint density at radius 2 is 2.03 bits per heavy atom. The minimum absolute atomic E-state index is 0.0197. The Morgan fingerprint density at radius 1 is 1.24 bits per heavy atom. The highest BCUT2D eigenvalue weighted by Gasteiger charge is 2.31. The number of rotatable bonds is 7. The highest BCUT2D eigenvalue weighted by Crippen LogP contribution is 2.34. The first-order valence-electron chi connectivity index (χ1n) is 10.6. The van der Waals surface area contributed by atoms with E-state index in [1.54, 1.807) is 53.6 Å². The molecule has 2 heterocycles. The molecule has 3 aromatic rings. The summed E-state index contributed by atoms with van der Waals surface area (Å²) in [5.41, 5.74) is 1.75. The van der Waals surface area contributed by atoms with Gasteiger partial charge in [0.15, 0.2) is 11.2 Å². The summed E-state index contributed by atoms with van der Waals surface area (Å²) in [6, 6.07) is 14.1. The standard InChI is InChI=1S/C24H22ClN3O5S/c1-15-23(31)27(20-8-3-4-9-21(20)33-15)11-10-22(30)32-13-18-14-34-24(26-18)28(16(2)29)19-7-5-6-17(25)12-19/h3-9,12,14-15H,10-11,13H2,1-2H3/t15-/m0/s1. The molecule has 34 heavy (non-hydrogen) atoms. The van der Waals surface area contributed by atoms with Crippen molar-refractivity contribution in [3.8, 4) is 5.75 Å². The molecule has 2 amide bonds. The van der Waals surface area contributed by atoms with E-state index in [0.717, 1.165) is 0 Å². The Kier molecular flexibility index (Phi) is 7.14. The quantitative estimate of drug-likeness (QED) is 0.437. The first-order valence-corrected chi connectivity index (χ1v) is 11.8. The van der Waals surface area contributed by atoms with Gasteiger partial charge >= 0.3 is 5.97 Å². The number of aromatic nitrogens is 1. The first-order chi connectivity index (χ1) is 16.3. The predicted octanol–water partition coefficient (Wildman–Crippen LogP) is 4.73. The van der Waals surface area contributed by atoms with Crippen LogP contribution in [0.5, 0.6) is 5.75 Å². The summed E-state index contributed by atoms with van der Waals surface area (Å²) in [5.74, 6) is -0.282. The van der Waals surface area contributed by atoms with E-state index in [9.17, 15) is 14.4 Å². The van der Waals surface area contributed by atoms with Crippen LogP contribution in [0.3, 0.4) is 0 Å². The first kappa shape index (κ1) is 23.7. The minimum Gasteiger partial charge on any atom is -0.479 e. The molecule has 1 aliphatic heterocycles. The molecule has 0 bridgehead atoms. The molecule has 1 aromatic heterocycles. The van der Waals surface area contributed by atoms with Crippen LogP contribution in [-0.4, -0.2) is 35.4 Å². The second-order valence-corrected chi connectivity index (χ2v) is 8.86. The summed E-state index contributed by atoms with van der Waals surface area (Å²) in [5, 5.41) is 2.68. The molecule has 0 N–H and O–H groups in total. The number of benzene rings is 2. The van der Waals surface area contributed by atoms with E-state index in [2.05, 4.69) is 4.98 Å². The fraction of sp³-hybridized carbons (Fsp3) is 0.250. The normalized spacial score (nSPS) is 14.9. The van der Waals surface area contributed by atoms with Gasteiger partial charge in [-0.25, -0.2) is 4.98 Å². The number of halogens is 1. The van der Waals surface area contributed by atoms with Crippen LogP contribution in [0.25, 0.3) is 0 Å². The van der Waals surface area contributed by atoms with Gasteiger partial charge < -0.3 is 14.4 Å². The lowest BCUT2D eigenvalue weighted by molar-refractivity contribution is -0.144. The molecule has 0 spiro atoms. The maximum absolute atomic E-state index is 12.5. The Labute approximate surface area is 205 Å². The van der Waals surface area contributed by atoms with E-state index in [1.165, 1.54) is 23.2 Å². The van der Waals surface area contributed by atoms with Crippen molar-refractivity contribution in [2.24, 2.45) is 0 Å². The average molecular weight is 500 g/mol. The van der Waals surface area contributed by atoms with Crippen molar-refractivity contribution in [2.45, 2.75) is 33.0 Å². The highest BCUT2D eigenvalue weighted by molar-refractivity contribution is 7.14. The van der Waals surface area contributed by atoms with Crippen molar-refractivity contribution in [3.63, 3.8) is 0 Å². The second-order valence-electron chi connectivity index (χ2n) is 7.58. The molecule has 176 valence electrons. The fourth-order valence-electron chi connectivity index (χ4n) is 3.53. The Morgan fingerprint density at radius 3 is 2.79 bits per heavy atom. The monoisotopic (exact) mass is 499 g/mol. The number of nitrogens with zero attached hydrogens (tertiary/aromatic N) is 3. The number of thiazole rings is 1. The van der Waals surface area contributed by atoms with Gasteiger partial charge in [0.2, 0.25) is 5.91 Å². The smallest absolute Gasteiger partial charge is 0.307 e. The second kappa shape index (κ2) is 10.2. The number of ether oxygens (including phenoxy) is 2. The number of amides is 2. The SMILES string of the molecule is CC(=O)N(c1cccc(Cl)c1)c1nc(COC(=O)CCN2C(=O)[C@H](C)Oc3ccccc32)cs1. The highest BCUT2D eigenvalue weighted by atomic mass is 35.5. The molecule has 10 heteroatoms. The number of hydrogen-bond donors (Lipinski definition) is 0. The van der Waals surface area contributed by atoms with Crippen molar-refractivity contribution >= 4 is 57.2 Å². The largest absolute Gasteiger partial charge is 0.479 e. The number of para-hydroxylation sites is 2. The van der Waals surface area contributed by atoms with Crippen LogP contribution in [0.2, 0.25) is 5.02 Å². The molecule has 0 radical (unpaired) electrons. The average Bonchev–Trinajstić information content (AvgIpc) is 3.26. The number of fused-ring (bicyclic) bond motifs is 1. The van der Waals surface area contributed by atoms with Gasteiger partial charge in [-0.3, -0.25) is 19.3 Å². The lowest BCUT2D eigenvalue weighted by Gasteiger charge is -2.32. The molecule has 1 aliphatic rings. The molecule has 2 aromatic carbocycles. The molecular formula is C24H22ClN3O5S. The van der Waals surface area contributed by atoms with Crippen LogP contribution in [0.15, 0.2) is 53.9 Å². The molecule has 0 aliphatic carbocycles. The summed E-state index contributed by atoms with van der Waals surface area (Å²) in [6.45, 7) is 3.25. The van der Waals surface area contributed by atoms with E-state index in [0.29, 0.717) is 33.0 Å². The van der Waals surface area contributed by atoms with Crippen LogP contribution in [0, 0.1) is 0 Å². The van der Waals surface area contributed by atoms with Crippen molar-refractivity contribution in [1.82, 2.24) is 4.98 Å². The van der Waals surface area contributed by atoms with Crippen LogP contribution in [-0.2, 0) is 25.7 Å². The van der Waals surface area contributed by atoms with Gasteiger partial charge in [-0.15, -0.1) is 11.3 Å². The summed E-state index contributed by atoms with van der Waals surface area (Å²) >= 11 is 7.32. The number of anilines is 3. The summed E-state index contributed by atoms with van der Waals surface area (Å²) < 4.78 is 11.0. The topological polar surface area (TPSA) is 89.0 Å². The molecule has 1 atom stereocenters. The third-order valence-electron chi connectivity index (χ3n) is 5.11. The third-order valence-corrected chi connectivity index (χ3v) is 6.22. The van der Waals surface area contributed by atoms with Crippen LogP contribution >= 0.6 is 22.9 Å². The third kappa shape index (κ3) is 5.21. The van der Waals surface area contributed by atoms with E-state index in [1.807, 2.05) is 12.1 Å². The molecule has 0 fully saturated rings. The fourth-order valence-corrected chi connectivity index (χ4v) is 4.58. The Hall–Kier alpha value is -3.43. The zero-order valence-electron chi connectivity index (χ0n) is 18.6. The lowest BCUT2D eigenvalue weighted by atomic mass is 10.2. The van der Waals surface area contributed by atoms with Crippen molar-refractivity contribution in [2.75, 3.05) is 16.3 Å². The van der Waals surface area contributed by atoms with Gasteiger partial charge in [0.25, 0.3) is 5.91 Å². The van der Waals surface area contributed by atoms with Gasteiger partial charge in [-0.2, -0.15) is 0 Å². The number of carbonyl (C=O) groups is 3. The van der Waals surface area contributed by atoms with Gasteiger partial charge in [0, 0.05) is 23.9 Å². The molecule has 0 unspecified atom stereocenters. The van der Waals surface area contributed by atoms with Gasteiger partial charge in [-0.1, -0.05) is 29.8 Å². The van der Waals surface area contributed by atoms with E-state index >= 15 is 0 Å². The number of carbonyl (C=O) groups excluding carboxylic acids is 3. The molecule has 4 rings (SSSR count). The van der Waals surface area contributed by atoms with Crippen LogP contribution < -0.4 is 14.5 Å². The Bertz CT molecular complexity index is 1230. The maximum atomic E-state index is 12.5. The predicted molar refractivity (Wildman–Crippen MR) is 130 cm³/mol. The van der Waals surface area contributed by atoms with Crippen LogP contribution in [0.4, 0.5) is 16.5 Å². The van der Waals surface area contributed by atoms with Gasteiger partial charge in [0.05, 0.1) is 23.5 Å². The van der Waals surface area contributed by atoms with Crippen molar-refractivity contribution < 1.29 is 23.9 Å². The number of hydrogen-bond acceptors (Lipinski definition) is 7.